The third-order valence-corrected chi connectivity index (χ3v) is 4.30. The van der Waals surface area contributed by atoms with E-state index < -0.39 is 0 Å². The van der Waals surface area contributed by atoms with Crippen LogP contribution in [-0.4, -0.2) is 36.3 Å². The number of aromatic nitrogens is 2. The summed E-state index contributed by atoms with van der Waals surface area (Å²) < 4.78 is 5.41. The second kappa shape index (κ2) is 5.97. The van der Waals surface area contributed by atoms with Gasteiger partial charge in [-0.3, -0.25) is 0 Å². The molecule has 0 spiro atoms. The van der Waals surface area contributed by atoms with Gasteiger partial charge >= 0.3 is 0 Å². The molecule has 3 aromatic rings. The Bertz CT molecular complexity index is 824. The Labute approximate surface area is 135 Å². The van der Waals surface area contributed by atoms with Crippen LogP contribution in [0.25, 0.3) is 22.3 Å². The maximum Gasteiger partial charge on any atom is 0.160 e. The number of morpholine rings is 1. The molecule has 2 heterocycles. The molecule has 1 fully saturated rings. The molecule has 0 atom stereocenters. The van der Waals surface area contributed by atoms with Gasteiger partial charge in [-0.1, -0.05) is 18.2 Å². The SMILES string of the molecule is Cc1nc(-c2ccc(N3CCOCC3)cc2)nc2ccccc12. The molecule has 0 radical (unpaired) electrons. The first kappa shape index (κ1) is 14.2. The number of nitrogens with zero attached hydrogens (tertiary/aromatic N) is 3. The lowest BCUT2D eigenvalue weighted by atomic mass is 10.1. The molecule has 2 aromatic carbocycles. The van der Waals surface area contributed by atoms with E-state index in [1.54, 1.807) is 0 Å². The third kappa shape index (κ3) is 2.78. The van der Waals surface area contributed by atoms with Crippen molar-refractivity contribution in [3.05, 3.63) is 54.2 Å². The van der Waals surface area contributed by atoms with E-state index in [1.165, 1.54) is 5.69 Å². The van der Waals surface area contributed by atoms with E-state index in [0.29, 0.717) is 0 Å². The van der Waals surface area contributed by atoms with Crippen LogP contribution < -0.4 is 4.90 Å². The lowest BCUT2D eigenvalue weighted by molar-refractivity contribution is 0.122. The molecule has 0 amide bonds. The van der Waals surface area contributed by atoms with Crippen molar-refractivity contribution < 1.29 is 4.74 Å². The van der Waals surface area contributed by atoms with Gasteiger partial charge in [0.15, 0.2) is 5.82 Å². The van der Waals surface area contributed by atoms with Crippen LogP contribution in [-0.2, 0) is 4.74 Å². The van der Waals surface area contributed by atoms with Gasteiger partial charge in [0.05, 0.1) is 18.7 Å². The molecule has 4 heteroatoms. The Balaban J connectivity index is 1.67. The molecule has 0 unspecified atom stereocenters. The molecule has 0 saturated carbocycles. The van der Waals surface area contributed by atoms with E-state index in [-0.39, 0.29) is 0 Å². The van der Waals surface area contributed by atoms with E-state index in [4.69, 9.17) is 9.72 Å². The smallest absolute Gasteiger partial charge is 0.160 e. The molecule has 0 aliphatic carbocycles. The molecule has 0 bridgehead atoms. The summed E-state index contributed by atoms with van der Waals surface area (Å²) in [4.78, 5) is 11.7. The van der Waals surface area contributed by atoms with Crippen molar-refractivity contribution >= 4 is 16.6 Å². The van der Waals surface area contributed by atoms with Gasteiger partial charge in [0, 0.05) is 35.4 Å². The number of ether oxygens (including phenoxy) is 1. The molecule has 23 heavy (non-hydrogen) atoms. The number of fused-ring (bicyclic) bond motifs is 1. The topological polar surface area (TPSA) is 38.2 Å². The fraction of sp³-hybridized carbons (Fsp3) is 0.263. The highest BCUT2D eigenvalue weighted by Crippen LogP contribution is 2.24. The fourth-order valence-corrected chi connectivity index (χ4v) is 3.01. The van der Waals surface area contributed by atoms with Gasteiger partial charge in [-0.15, -0.1) is 0 Å². The van der Waals surface area contributed by atoms with Crippen molar-refractivity contribution in [3.8, 4) is 11.4 Å². The first-order valence-corrected chi connectivity index (χ1v) is 7.98. The zero-order chi connectivity index (χ0) is 15.6. The van der Waals surface area contributed by atoms with Crippen LogP contribution in [0.3, 0.4) is 0 Å². The molecule has 4 rings (SSSR count). The maximum atomic E-state index is 5.41. The monoisotopic (exact) mass is 305 g/mol. The highest BCUT2D eigenvalue weighted by atomic mass is 16.5. The van der Waals surface area contributed by atoms with Gasteiger partial charge in [0.25, 0.3) is 0 Å². The van der Waals surface area contributed by atoms with Crippen LogP contribution in [0.5, 0.6) is 0 Å². The number of hydrogen-bond donors (Lipinski definition) is 0. The number of aryl methyl sites for hydroxylation is 1. The van der Waals surface area contributed by atoms with Gasteiger partial charge in [-0.05, 0) is 37.3 Å². The van der Waals surface area contributed by atoms with Crippen molar-refractivity contribution in [2.45, 2.75) is 6.92 Å². The Morgan fingerprint density at radius 1 is 0.913 bits per heavy atom. The van der Waals surface area contributed by atoms with Crippen molar-refractivity contribution in [2.75, 3.05) is 31.2 Å². The Hall–Kier alpha value is -2.46. The summed E-state index contributed by atoms with van der Waals surface area (Å²) in [6.45, 7) is 5.54. The number of rotatable bonds is 2. The largest absolute Gasteiger partial charge is 0.378 e. The standard InChI is InChI=1S/C19H19N3O/c1-14-17-4-2-3-5-18(17)21-19(20-14)15-6-8-16(9-7-15)22-10-12-23-13-11-22/h2-9H,10-13H2,1H3. The van der Waals surface area contributed by atoms with Gasteiger partial charge < -0.3 is 9.64 Å². The third-order valence-electron chi connectivity index (χ3n) is 4.30. The lowest BCUT2D eigenvalue weighted by Crippen LogP contribution is -2.36. The first-order chi connectivity index (χ1) is 11.3. The predicted octanol–water partition coefficient (Wildman–Crippen LogP) is 3.44. The second-order valence-electron chi connectivity index (χ2n) is 5.80. The summed E-state index contributed by atoms with van der Waals surface area (Å²) in [5.41, 5.74) is 4.29. The second-order valence-corrected chi connectivity index (χ2v) is 5.80. The molecular formula is C19H19N3O. The Morgan fingerprint density at radius 3 is 2.43 bits per heavy atom. The van der Waals surface area contributed by atoms with Gasteiger partial charge in [0.2, 0.25) is 0 Å². The molecule has 116 valence electrons. The molecular weight excluding hydrogens is 286 g/mol. The van der Waals surface area contributed by atoms with Crippen LogP contribution in [0.2, 0.25) is 0 Å². The normalized spacial score (nSPS) is 15.1. The summed E-state index contributed by atoms with van der Waals surface area (Å²) in [7, 11) is 0. The van der Waals surface area contributed by atoms with Crippen LogP contribution >= 0.6 is 0 Å². The van der Waals surface area contributed by atoms with Gasteiger partial charge in [-0.25, -0.2) is 9.97 Å². The van der Waals surface area contributed by atoms with Gasteiger partial charge in [-0.2, -0.15) is 0 Å². The van der Waals surface area contributed by atoms with E-state index in [2.05, 4.69) is 40.2 Å². The van der Waals surface area contributed by atoms with E-state index in [9.17, 15) is 0 Å². The van der Waals surface area contributed by atoms with Crippen LogP contribution in [0.4, 0.5) is 5.69 Å². The van der Waals surface area contributed by atoms with E-state index in [0.717, 1.165) is 54.3 Å². The van der Waals surface area contributed by atoms with Crippen molar-refractivity contribution in [1.29, 1.82) is 0 Å². The number of hydrogen-bond acceptors (Lipinski definition) is 4. The zero-order valence-electron chi connectivity index (χ0n) is 13.2. The molecule has 1 aromatic heterocycles. The average molecular weight is 305 g/mol. The lowest BCUT2D eigenvalue weighted by Gasteiger charge is -2.28. The molecule has 4 nitrogen and oxygen atoms in total. The van der Waals surface area contributed by atoms with Crippen LogP contribution in [0, 0.1) is 6.92 Å². The van der Waals surface area contributed by atoms with E-state index >= 15 is 0 Å². The minimum absolute atomic E-state index is 0.787. The van der Waals surface area contributed by atoms with Crippen LogP contribution in [0.1, 0.15) is 5.69 Å². The number of anilines is 1. The predicted molar refractivity (Wildman–Crippen MR) is 92.7 cm³/mol. The summed E-state index contributed by atoms with van der Waals surface area (Å²) in [6, 6.07) is 16.6. The van der Waals surface area contributed by atoms with Crippen molar-refractivity contribution in [3.63, 3.8) is 0 Å². The summed E-state index contributed by atoms with van der Waals surface area (Å²) in [5.74, 6) is 0.787. The first-order valence-electron chi connectivity index (χ1n) is 7.98. The highest BCUT2D eigenvalue weighted by Gasteiger charge is 2.12. The Morgan fingerprint density at radius 2 is 1.65 bits per heavy atom. The summed E-state index contributed by atoms with van der Waals surface area (Å²) >= 11 is 0. The molecule has 1 saturated heterocycles. The minimum Gasteiger partial charge on any atom is -0.378 e. The molecule has 1 aliphatic rings. The van der Waals surface area contributed by atoms with Crippen molar-refractivity contribution in [1.82, 2.24) is 9.97 Å². The van der Waals surface area contributed by atoms with Gasteiger partial charge in [0.1, 0.15) is 0 Å². The molecule has 1 aliphatic heterocycles. The quantitative estimate of drug-likeness (QED) is 0.727. The van der Waals surface area contributed by atoms with Crippen LogP contribution in [0.15, 0.2) is 48.5 Å². The average Bonchev–Trinajstić information content (AvgIpc) is 2.63. The van der Waals surface area contributed by atoms with E-state index in [1.807, 2.05) is 25.1 Å². The fourth-order valence-electron chi connectivity index (χ4n) is 3.01. The maximum absolute atomic E-state index is 5.41. The number of benzene rings is 2. The number of para-hydroxylation sites is 1. The highest BCUT2D eigenvalue weighted by molar-refractivity contribution is 5.82. The zero-order valence-corrected chi connectivity index (χ0v) is 13.2. The summed E-state index contributed by atoms with van der Waals surface area (Å²) in [6.07, 6.45) is 0. The van der Waals surface area contributed by atoms with Crippen molar-refractivity contribution in [2.24, 2.45) is 0 Å². The molecule has 0 N–H and O–H groups in total. The summed E-state index contributed by atoms with van der Waals surface area (Å²) in [5, 5.41) is 1.11. The minimum atomic E-state index is 0.787. The Kier molecular flexibility index (Phi) is 3.67.